The molecule has 0 aromatic carbocycles. The predicted octanol–water partition coefficient (Wildman–Crippen LogP) is 1.15. The molecule has 0 N–H and O–H groups in total. The Kier molecular flexibility index (Phi) is 2.12. The van der Waals surface area contributed by atoms with Crippen molar-refractivity contribution in [2.75, 3.05) is 25.1 Å². The molecule has 0 amide bonds. The smallest absolute Gasteiger partial charge is 0.295 e. The minimum Gasteiger partial charge on any atom is -0.472 e. The van der Waals surface area contributed by atoms with Crippen LogP contribution in [0, 0.1) is 0 Å². The van der Waals surface area contributed by atoms with Crippen LogP contribution in [0.25, 0.3) is 0 Å². The Morgan fingerprint density at radius 2 is 2.08 bits per heavy atom. The summed E-state index contributed by atoms with van der Waals surface area (Å²) >= 11 is 1.51. The second kappa shape index (κ2) is 3.26. The van der Waals surface area contributed by atoms with Crippen LogP contribution in [0.4, 0.5) is 5.13 Å². The highest BCUT2D eigenvalue weighted by atomic mass is 32.1. The van der Waals surface area contributed by atoms with E-state index in [2.05, 4.69) is 15.1 Å². The first-order chi connectivity index (χ1) is 5.90. The zero-order chi connectivity index (χ0) is 8.39. The highest BCUT2D eigenvalue weighted by Gasteiger charge is 2.16. The fraction of sp³-hybridized carbons (Fsp3) is 0.714. The van der Waals surface area contributed by atoms with E-state index < -0.39 is 0 Å². The van der Waals surface area contributed by atoms with Crippen LogP contribution < -0.4 is 9.64 Å². The first-order valence-electron chi connectivity index (χ1n) is 4.02. The van der Waals surface area contributed by atoms with Gasteiger partial charge < -0.3 is 9.64 Å². The monoisotopic (exact) mass is 185 g/mol. The number of methoxy groups -OCH3 is 1. The van der Waals surface area contributed by atoms with Gasteiger partial charge in [0.15, 0.2) is 0 Å². The minimum absolute atomic E-state index is 0.650. The molecule has 0 atom stereocenters. The minimum atomic E-state index is 0.650. The summed E-state index contributed by atoms with van der Waals surface area (Å²) in [6, 6.07) is 0. The summed E-state index contributed by atoms with van der Waals surface area (Å²) in [5.74, 6) is 0. The molecule has 4 nitrogen and oxygen atoms in total. The Balaban J connectivity index is 2.11. The van der Waals surface area contributed by atoms with Gasteiger partial charge in [0.2, 0.25) is 5.13 Å². The van der Waals surface area contributed by atoms with Crippen LogP contribution in [-0.2, 0) is 0 Å². The Morgan fingerprint density at radius 3 is 2.67 bits per heavy atom. The molecular formula is C7H11N3OS. The normalized spacial score (nSPS) is 16.9. The number of hydrogen-bond donors (Lipinski definition) is 0. The third-order valence-corrected chi connectivity index (χ3v) is 2.89. The summed E-state index contributed by atoms with van der Waals surface area (Å²) in [7, 11) is 1.62. The SMILES string of the molecule is COc1nnc(N2CCCC2)s1. The maximum Gasteiger partial charge on any atom is 0.295 e. The molecular weight excluding hydrogens is 174 g/mol. The van der Waals surface area contributed by atoms with E-state index in [0.29, 0.717) is 5.19 Å². The van der Waals surface area contributed by atoms with Gasteiger partial charge in [0.25, 0.3) is 5.19 Å². The summed E-state index contributed by atoms with van der Waals surface area (Å²) < 4.78 is 4.97. The Morgan fingerprint density at radius 1 is 1.33 bits per heavy atom. The number of hydrogen-bond acceptors (Lipinski definition) is 5. The van der Waals surface area contributed by atoms with Crippen molar-refractivity contribution in [1.29, 1.82) is 0 Å². The lowest BCUT2D eigenvalue weighted by atomic mass is 10.4. The molecule has 1 aromatic heterocycles. The lowest BCUT2D eigenvalue weighted by Crippen LogP contribution is -2.17. The largest absolute Gasteiger partial charge is 0.472 e. The predicted molar refractivity (Wildman–Crippen MR) is 47.9 cm³/mol. The van der Waals surface area contributed by atoms with Crippen LogP contribution in [0.5, 0.6) is 5.19 Å². The lowest BCUT2D eigenvalue weighted by Gasteiger charge is -2.10. The number of anilines is 1. The topological polar surface area (TPSA) is 38.3 Å². The number of ether oxygens (including phenoxy) is 1. The molecule has 0 radical (unpaired) electrons. The van der Waals surface area contributed by atoms with Crippen molar-refractivity contribution in [1.82, 2.24) is 10.2 Å². The molecule has 0 unspecified atom stereocenters. The molecule has 66 valence electrons. The number of nitrogens with zero attached hydrogens (tertiary/aromatic N) is 3. The van der Waals surface area contributed by atoms with Gasteiger partial charge in [0.1, 0.15) is 0 Å². The van der Waals surface area contributed by atoms with Gasteiger partial charge in [-0.3, -0.25) is 0 Å². The van der Waals surface area contributed by atoms with E-state index in [1.807, 2.05) is 0 Å². The zero-order valence-corrected chi connectivity index (χ0v) is 7.80. The Labute approximate surface area is 75.2 Å². The molecule has 0 saturated carbocycles. The molecule has 2 rings (SSSR count). The van der Waals surface area contributed by atoms with Gasteiger partial charge in [-0.25, -0.2) is 0 Å². The van der Waals surface area contributed by atoms with Crippen molar-refractivity contribution in [3.05, 3.63) is 0 Å². The highest BCUT2D eigenvalue weighted by Crippen LogP contribution is 2.27. The summed E-state index contributed by atoms with van der Waals surface area (Å²) in [6.45, 7) is 2.22. The maximum atomic E-state index is 4.97. The summed E-state index contributed by atoms with van der Waals surface area (Å²) in [5.41, 5.74) is 0. The van der Waals surface area contributed by atoms with Crippen molar-refractivity contribution in [2.45, 2.75) is 12.8 Å². The molecule has 1 saturated heterocycles. The quantitative estimate of drug-likeness (QED) is 0.692. The van der Waals surface area contributed by atoms with Crippen molar-refractivity contribution >= 4 is 16.5 Å². The van der Waals surface area contributed by atoms with Crippen LogP contribution in [0.3, 0.4) is 0 Å². The van der Waals surface area contributed by atoms with Crippen LogP contribution in [0.2, 0.25) is 0 Å². The molecule has 1 aliphatic rings. The molecule has 0 spiro atoms. The van der Waals surface area contributed by atoms with Crippen molar-refractivity contribution < 1.29 is 4.74 Å². The Bertz CT molecular complexity index is 257. The molecule has 1 fully saturated rings. The highest BCUT2D eigenvalue weighted by molar-refractivity contribution is 7.16. The molecule has 5 heteroatoms. The van der Waals surface area contributed by atoms with E-state index in [1.165, 1.54) is 24.2 Å². The van der Waals surface area contributed by atoms with Crippen LogP contribution in [0.1, 0.15) is 12.8 Å². The number of aromatic nitrogens is 2. The fourth-order valence-electron chi connectivity index (χ4n) is 1.32. The number of rotatable bonds is 2. The van der Waals surface area contributed by atoms with E-state index in [1.54, 1.807) is 7.11 Å². The summed E-state index contributed by atoms with van der Waals surface area (Å²) in [6.07, 6.45) is 2.53. The molecule has 2 heterocycles. The molecule has 1 aromatic rings. The standard InChI is InChI=1S/C7H11N3OS/c1-11-7-9-8-6(12-7)10-4-2-3-5-10/h2-5H2,1H3. The van der Waals surface area contributed by atoms with Gasteiger partial charge in [-0.15, -0.1) is 5.10 Å². The lowest BCUT2D eigenvalue weighted by molar-refractivity contribution is 0.407. The third-order valence-electron chi connectivity index (χ3n) is 1.95. The van der Waals surface area contributed by atoms with E-state index in [0.717, 1.165) is 18.2 Å². The van der Waals surface area contributed by atoms with Crippen LogP contribution >= 0.6 is 11.3 Å². The van der Waals surface area contributed by atoms with Crippen molar-refractivity contribution in [3.63, 3.8) is 0 Å². The van der Waals surface area contributed by atoms with Gasteiger partial charge in [-0.05, 0) is 24.2 Å². The van der Waals surface area contributed by atoms with E-state index >= 15 is 0 Å². The van der Waals surface area contributed by atoms with Crippen LogP contribution in [0.15, 0.2) is 0 Å². The summed E-state index contributed by atoms with van der Waals surface area (Å²) in [5, 5.41) is 9.56. The molecule has 1 aliphatic heterocycles. The Hall–Kier alpha value is -0.840. The van der Waals surface area contributed by atoms with Crippen LogP contribution in [-0.4, -0.2) is 30.4 Å². The molecule has 0 bridgehead atoms. The average molecular weight is 185 g/mol. The molecule has 12 heavy (non-hydrogen) atoms. The first-order valence-corrected chi connectivity index (χ1v) is 4.84. The second-order valence-electron chi connectivity index (χ2n) is 2.75. The van der Waals surface area contributed by atoms with E-state index in [4.69, 9.17) is 4.74 Å². The third kappa shape index (κ3) is 1.36. The van der Waals surface area contributed by atoms with Gasteiger partial charge in [0.05, 0.1) is 7.11 Å². The summed E-state index contributed by atoms with van der Waals surface area (Å²) in [4.78, 5) is 2.25. The van der Waals surface area contributed by atoms with Gasteiger partial charge >= 0.3 is 0 Å². The average Bonchev–Trinajstić information content (AvgIpc) is 2.75. The maximum absolute atomic E-state index is 4.97. The van der Waals surface area contributed by atoms with Gasteiger partial charge in [-0.2, -0.15) is 0 Å². The van der Waals surface area contributed by atoms with E-state index in [9.17, 15) is 0 Å². The van der Waals surface area contributed by atoms with Gasteiger partial charge in [-0.1, -0.05) is 5.10 Å². The van der Waals surface area contributed by atoms with E-state index in [-0.39, 0.29) is 0 Å². The zero-order valence-electron chi connectivity index (χ0n) is 6.99. The van der Waals surface area contributed by atoms with Crippen molar-refractivity contribution in [2.24, 2.45) is 0 Å². The first kappa shape index (κ1) is 7.79. The van der Waals surface area contributed by atoms with Crippen molar-refractivity contribution in [3.8, 4) is 5.19 Å². The second-order valence-corrected chi connectivity index (χ2v) is 3.67. The fourth-order valence-corrected chi connectivity index (χ4v) is 2.04. The van der Waals surface area contributed by atoms with Gasteiger partial charge in [0, 0.05) is 13.1 Å². The molecule has 0 aliphatic carbocycles.